The molecule has 1 aromatic rings. The molecular weight excluding hydrogens is 310 g/mol. The Hall–Kier alpha value is -2.08. The lowest BCUT2D eigenvalue weighted by Crippen LogP contribution is -2.29. The second-order valence-electron chi connectivity index (χ2n) is 6.07. The first kappa shape index (κ1) is 18.3. The molecule has 1 fully saturated rings. The zero-order chi connectivity index (χ0) is 17.4. The third-order valence-electron chi connectivity index (χ3n) is 4.34. The minimum absolute atomic E-state index is 0.0632. The molecule has 0 heterocycles. The molecule has 2 rings (SSSR count). The Bertz CT molecular complexity index is 552. The van der Waals surface area contributed by atoms with E-state index in [4.69, 9.17) is 14.6 Å². The van der Waals surface area contributed by atoms with Gasteiger partial charge in [-0.05, 0) is 37.8 Å². The number of amides is 1. The lowest BCUT2D eigenvalue weighted by molar-refractivity contribution is -0.143. The van der Waals surface area contributed by atoms with Gasteiger partial charge in [-0.25, -0.2) is 0 Å². The van der Waals surface area contributed by atoms with Gasteiger partial charge in [-0.3, -0.25) is 9.59 Å². The average Bonchev–Trinajstić information content (AvgIpc) is 2.60. The second kappa shape index (κ2) is 9.27. The topological polar surface area (TPSA) is 84.9 Å². The molecule has 0 atom stereocenters. The van der Waals surface area contributed by atoms with Crippen LogP contribution in [0.4, 0.5) is 5.69 Å². The van der Waals surface area contributed by atoms with Crippen LogP contribution in [0.1, 0.15) is 32.1 Å². The molecule has 1 aliphatic rings. The van der Waals surface area contributed by atoms with Crippen LogP contribution in [0.2, 0.25) is 0 Å². The van der Waals surface area contributed by atoms with Crippen LogP contribution in [0.15, 0.2) is 24.3 Å². The molecule has 0 radical (unpaired) electrons. The summed E-state index contributed by atoms with van der Waals surface area (Å²) in [6.07, 6.45) is 3.11. The van der Waals surface area contributed by atoms with Crippen molar-refractivity contribution in [2.45, 2.75) is 32.1 Å². The third-order valence-corrected chi connectivity index (χ3v) is 4.34. The molecule has 1 amide bonds. The molecule has 1 aliphatic carbocycles. The molecule has 6 heteroatoms. The van der Waals surface area contributed by atoms with Crippen LogP contribution in [-0.2, 0) is 14.3 Å². The van der Waals surface area contributed by atoms with Crippen molar-refractivity contribution in [1.82, 2.24) is 0 Å². The van der Waals surface area contributed by atoms with Gasteiger partial charge >= 0.3 is 5.97 Å². The quantitative estimate of drug-likeness (QED) is 0.714. The molecule has 1 saturated carbocycles. The van der Waals surface area contributed by atoms with E-state index in [0.29, 0.717) is 50.3 Å². The van der Waals surface area contributed by atoms with Gasteiger partial charge in [0.25, 0.3) is 0 Å². The van der Waals surface area contributed by atoms with Crippen LogP contribution < -0.4 is 10.1 Å². The highest BCUT2D eigenvalue weighted by Crippen LogP contribution is 2.31. The summed E-state index contributed by atoms with van der Waals surface area (Å²) >= 11 is 0. The van der Waals surface area contributed by atoms with Crippen LogP contribution in [-0.4, -0.2) is 37.3 Å². The first-order chi connectivity index (χ1) is 11.6. The van der Waals surface area contributed by atoms with Gasteiger partial charge < -0.3 is 19.9 Å². The number of benzene rings is 1. The Morgan fingerprint density at radius 3 is 2.46 bits per heavy atom. The Labute approximate surface area is 142 Å². The maximum absolute atomic E-state index is 12.4. The van der Waals surface area contributed by atoms with Crippen molar-refractivity contribution in [2.24, 2.45) is 11.8 Å². The van der Waals surface area contributed by atoms with Crippen LogP contribution >= 0.6 is 0 Å². The number of methoxy groups -OCH3 is 1. The number of anilines is 1. The zero-order valence-corrected chi connectivity index (χ0v) is 14.0. The number of carbonyl (C=O) groups is 2. The van der Waals surface area contributed by atoms with Crippen molar-refractivity contribution in [2.75, 3.05) is 25.6 Å². The number of para-hydroxylation sites is 2. The molecule has 6 nitrogen and oxygen atoms in total. The van der Waals surface area contributed by atoms with Crippen molar-refractivity contribution in [3.63, 3.8) is 0 Å². The maximum atomic E-state index is 12.4. The minimum atomic E-state index is -0.760. The van der Waals surface area contributed by atoms with Gasteiger partial charge in [0.1, 0.15) is 5.75 Å². The summed E-state index contributed by atoms with van der Waals surface area (Å²) in [7, 11) is 1.65. The molecule has 0 unspecified atom stereocenters. The van der Waals surface area contributed by atoms with E-state index in [0.717, 1.165) is 6.42 Å². The van der Waals surface area contributed by atoms with E-state index in [1.807, 2.05) is 24.3 Å². The van der Waals surface area contributed by atoms with Gasteiger partial charge in [0.15, 0.2) is 0 Å². The fraction of sp³-hybridized carbons (Fsp3) is 0.556. The molecule has 0 bridgehead atoms. The molecule has 0 aromatic heterocycles. The maximum Gasteiger partial charge on any atom is 0.306 e. The molecule has 1 aromatic carbocycles. The number of carbonyl (C=O) groups excluding carboxylic acids is 1. The summed E-state index contributed by atoms with van der Waals surface area (Å²) in [6, 6.07) is 7.34. The standard InChI is InChI=1S/C18H25NO5/c1-23-11-4-12-24-16-6-3-2-5-15(16)19-17(20)13-7-9-14(10-8-13)18(21)22/h2-3,5-6,13-14H,4,7-12H2,1H3,(H,19,20)(H,21,22). The first-order valence-electron chi connectivity index (χ1n) is 8.36. The summed E-state index contributed by atoms with van der Waals surface area (Å²) in [6.45, 7) is 1.14. The lowest BCUT2D eigenvalue weighted by Gasteiger charge is -2.25. The lowest BCUT2D eigenvalue weighted by atomic mass is 9.81. The van der Waals surface area contributed by atoms with Crippen molar-refractivity contribution < 1.29 is 24.2 Å². The minimum Gasteiger partial charge on any atom is -0.491 e. The molecule has 0 saturated heterocycles. The first-order valence-corrected chi connectivity index (χ1v) is 8.36. The van der Waals surface area contributed by atoms with Crippen LogP contribution in [0.25, 0.3) is 0 Å². The zero-order valence-electron chi connectivity index (χ0n) is 14.0. The van der Waals surface area contributed by atoms with Crippen molar-refractivity contribution in [3.05, 3.63) is 24.3 Å². The van der Waals surface area contributed by atoms with Crippen molar-refractivity contribution in [3.8, 4) is 5.75 Å². The highest BCUT2D eigenvalue weighted by molar-refractivity contribution is 5.94. The summed E-state index contributed by atoms with van der Waals surface area (Å²) < 4.78 is 10.7. The Balaban J connectivity index is 1.88. The number of hydrogen-bond donors (Lipinski definition) is 2. The Kier molecular flexibility index (Phi) is 7.06. The van der Waals surface area contributed by atoms with Crippen LogP contribution in [0.5, 0.6) is 5.75 Å². The van der Waals surface area contributed by atoms with E-state index >= 15 is 0 Å². The number of nitrogens with one attached hydrogen (secondary N) is 1. The van der Waals surface area contributed by atoms with Gasteiger partial charge in [-0.2, -0.15) is 0 Å². The molecule has 24 heavy (non-hydrogen) atoms. The average molecular weight is 335 g/mol. The smallest absolute Gasteiger partial charge is 0.306 e. The van der Waals surface area contributed by atoms with Gasteiger partial charge in [-0.1, -0.05) is 12.1 Å². The van der Waals surface area contributed by atoms with Gasteiger partial charge in [0, 0.05) is 26.1 Å². The number of hydrogen-bond acceptors (Lipinski definition) is 4. The summed E-state index contributed by atoms with van der Waals surface area (Å²) in [5.74, 6) is -0.635. The molecular formula is C18H25NO5. The van der Waals surface area contributed by atoms with E-state index < -0.39 is 5.97 Å². The predicted octanol–water partition coefficient (Wildman–Crippen LogP) is 2.93. The van der Waals surface area contributed by atoms with Gasteiger partial charge in [0.2, 0.25) is 5.91 Å². The van der Waals surface area contributed by atoms with E-state index in [1.54, 1.807) is 7.11 Å². The van der Waals surface area contributed by atoms with E-state index in [9.17, 15) is 9.59 Å². The Morgan fingerprint density at radius 1 is 1.12 bits per heavy atom. The fourth-order valence-electron chi connectivity index (χ4n) is 2.92. The van der Waals surface area contributed by atoms with Crippen LogP contribution in [0, 0.1) is 11.8 Å². The number of rotatable bonds is 8. The summed E-state index contributed by atoms with van der Waals surface area (Å²) in [5.41, 5.74) is 0.653. The van der Waals surface area contributed by atoms with E-state index in [-0.39, 0.29) is 17.7 Å². The number of carboxylic acids is 1. The van der Waals surface area contributed by atoms with E-state index in [1.165, 1.54) is 0 Å². The van der Waals surface area contributed by atoms with E-state index in [2.05, 4.69) is 5.32 Å². The molecule has 2 N–H and O–H groups in total. The largest absolute Gasteiger partial charge is 0.491 e. The number of aliphatic carboxylic acids is 1. The van der Waals surface area contributed by atoms with Crippen molar-refractivity contribution in [1.29, 1.82) is 0 Å². The summed E-state index contributed by atoms with van der Waals surface area (Å²) in [4.78, 5) is 23.4. The fourth-order valence-corrected chi connectivity index (χ4v) is 2.92. The van der Waals surface area contributed by atoms with Gasteiger partial charge in [0.05, 0.1) is 18.2 Å². The number of ether oxygens (including phenoxy) is 2. The number of carboxylic acid groups (broad SMARTS) is 1. The predicted molar refractivity (Wildman–Crippen MR) is 90.1 cm³/mol. The molecule has 0 aliphatic heterocycles. The van der Waals surface area contributed by atoms with Crippen molar-refractivity contribution >= 4 is 17.6 Å². The summed E-state index contributed by atoms with van der Waals surface area (Å²) in [5, 5.41) is 12.0. The van der Waals surface area contributed by atoms with Crippen LogP contribution in [0.3, 0.4) is 0 Å². The Morgan fingerprint density at radius 2 is 1.79 bits per heavy atom. The molecule has 0 spiro atoms. The third kappa shape index (κ3) is 5.23. The highest BCUT2D eigenvalue weighted by atomic mass is 16.5. The second-order valence-corrected chi connectivity index (χ2v) is 6.07. The SMILES string of the molecule is COCCCOc1ccccc1NC(=O)C1CCC(C(=O)O)CC1. The molecule has 132 valence electrons. The monoisotopic (exact) mass is 335 g/mol. The van der Waals surface area contributed by atoms with Gasteiger partial charge in [-0.15, -0.1) is 0 Å². The normalized spacial score (nSPS) is 20.4. The highest BCUT2D eigenvalue weighted by Gasteiger charge is 2.30.